The highest BCUT2D eigenvalue weighted by Crippen LogP contribution is 2.39. The Hall–Kier alpha value is -0.280. The number of rotatable bonds is 3. The van der Waals surface area contributed by atoms with Crippen molar-refractivity contribution in [1.82, 2.24) is 0 Å². The predicted octanol–water partition coefficient (Wildman–Crippen LogP) is 5.21. The summed E-state index contributed by atoms with van der Waals surface area (Å²) < 4.78 is 6.50. The summed E-state index contributed by atoms with van der Waals surface area (Å²) >= 11 is 14.0. The van der Waals surface area contributed by atoms with Crippen molar-refractivity contribution in [3.8, 4) is 0 Å². The van der Waals surface area contributed by atoms with Crippen molar-refractivity contribution in [3.63, 3.8) is 0 Å². The van der Waals surface area contributed by atoms with Gasteiger partial charge in [0.25, 0.3) is 0 Å². The zero-order valence-corrected chi connectivity index (χ0v) is 11.3. The minimum Gasteiger partial charge on any atom is -0.371 e. The molecule has 2 aromatic rings. The standard InChI is InChI=1S/C12H11Cl2OS/c1-3-15-6-8-7(2)16-10-5-4-9(13)12(14)11(8)10/h3-5H,6H2,1-2H3. The van der Waals surface area contributed by atoms with E-state index in [1.54, 1.807) is 17.9 Å². The van der Waals surface area contributed by atoms with E-state index < -0.39 is 0 Å². The fourth-order valence-corrected chi connectivity index (χ4v) is 3.21. The molecule has 2 rings (SSSR count). The summed E-state index contributed by atoms with van der Waals surface area (Å²) in [6.45, 7) is 6.16. The van der Waals surface area contributed by atoms with Crippen molar-refractivity contribution >= 4 is 44.6 Å². The van der Waals surface area contributed by atoms with E-state index >= 15 is 0 Å². The molecule has 0 aliphatic rings. The maximum absolute atomic E-state index is 6.23. The summed E-state index contributed by atoms with van der Waals surface area (Å²) in [7, 11) is 0. The van der Waals surface area contributed by atoms with Crippen LogP contribution in [0.5, 0.6) is 0 Å². The second-order valence-corrected chi connectivity index (χ2v) is 5.46. The van der Waals surface area contributed by atoms with Gasteiger partial charge in [0.1, 0.15) is 0 Å². The van der Waals surface area contributed by atoms with Gasteiger partial charge in [0.05, 0.1) is 23.3 Å². The largest absolute Gasteiger partial charge is 0.371 e. The average Bonchev–Trinajstić information content (AvgIpc) is 2.58. The van der Waals surface area contributed by atoms with Crippen LogP contribution in [0, 0.1) is 13.5 Å². The molecule has 0 aliphatic carbocycles. The number of fused-ring (bicyclic) bond motifs is 1. The Morgan fingerprint density at radius 1 is 1.38 bits per heavy atom. The third kappa shape index (κ3) is 2.07. The number of benzene rings is 1. The quantitative estimate of drug-likeness (QED) is 0.746. The van der Waals surface area contributed by atoms with E-state index in [1.807, 2.05) is 19.1 Å². The molecule has 85 valence electrons. The Morgan fingerprint density at radius 3 is 2.81 bits per heavy atom. The van der Waals surface area contributed by atoms with Gasteiger partial charge in [0.2, 0.25) is 0 Å². The van der Waals surface area contributed by atoms with Gasteiger partial charge in [-0.25, -0.2) is 0 Å². The first-order valence-electron chi connectivity index (χ1n) is 4.90. The van der Waals surface area contributed by atoms with E-state index in [2.05, 4.69) is 6.92 Å². The number of ether oxygens (including phenoxy) is 1. The molecular weight excluding hydrogens is 263 g/mol. The lowest BCUT2D eigenvalue weighted by Gasteiger charge is -2.03. The molecule has 1 aromatic heterocycles. The molecule has 4 heteroatoms. The molecule has 0 saturated heterocycles. The molecule has 1 nitrogen and oxygen atoms in total. The molecule has 0 saturated carbocycles. The normalized spacial score (nSPS) is 11.2. The Labute approximate surface area is 109 Å². The molecule has 0 spiro atoms. The lowest BCUT2D eigenvalue weighted by Crippen LogP contribution is -1.89. The topological polar surface area (TPSA) is 9.23 Å². The first kappa shape index (κ1) is 12.2. The minimum absolute atomic E-state index is 0.544. The Morgan fingerprint density at radius 2 is 2.12 bits per heavy atom. The van der Waals surface area contributed by atoms with Crippen molar-refractivity contribution in [2.75, 3.05) is 0 Å². The maximum Gasteiger partial charge on any atom is 0.0810 e. The van der Waals surface area contributed by atoms with Crippen molar-refractivity contribution < 1.29 is 4.74 Å². The average molecular weight is 274 g/mol. The summed E-state index contributed by atoms with van der Waals surface area (Å²) in [5.74, 6) is 0. The molecule has 1 radical (unpaired) electrons. The molecule has 0 unspecified atom stereocenters. The second-order valence-electron chi connectivity index (χ2n) is 3.42. The van der Waals surface area contributed by atoms with E-state index in [1.165, 1.54) is 4.88 Å². The molecule has 1 heterocycles. The molecule has 1 aromatic carbocycles. The molecule has 0 aliphatic heterocycles. The van der Waals surface area contributed by atoms with E-state index in [-0.39, 0.29) is 0 Å². The molecule has 0 amide bonds. The summed E-state index contributed by atoms with van der Waals surface area (Å²) in [5, 5.41) is 2.24. The number of hydrogen-bond donors (Lipinski definition) is 0. The van der Waals surface area contributed by atoms with Crippen LogP contribution in [-0.4, -0.2) is 0 Å². The summed E-state index contributed by atoms with van der Waals surface area (Å²) in [6, 6.07) is 3.83. The van der Waals surface area contributed by atoms with Crippen molar-refractivity contribution in [3.05, 3.63) is 39.2 Å². The van der Waals surface area contributed by atoms with E-state index in [0.717, 1.165) is 15.6 Å². The lowest BCUT2D eigenvalue weighted by atomic mass is 10.1. The second kappa shape index (κ2) is 4.92. The molecule has 0 bridgehead atoms. The van der Waals surface area contributed by atoms with E-state index in [0.29, 0.717) is 16.7 Å². The van der Waals surface area contributed by atoms with Gasteiger partial charge in [0.15, 0.2) is 0 Å². The van der Waals surface area contributed by atoms with Gasteiger partial charge < -0.3 is 4.74 Å². The first-order chi connectivity index (χ1) is 7.65. The zero-order valence-electron chi connectivity index (χ0n) is 9.01. The lowest BCUT2D eigenvalue weighted by molar-refractivity contribution is 0.192. The van der Waals surface area contributed by atoms with Gasteiger partial charge in [-0.05, 0) is 26.0 Å². The van der Waals surface area contributed by atoms with Gasteiger partial charge in [-0.3, -0.25) is 0 Å². The Kier molecular flexibility index (Phi) is 3.75. The van der Waals surface area contributed by atoms with E-state index in [4.69, 9.17) is 27.9 Å². The SMILES string of the molecule is C[CH]OCc1c(C)sc2ccc(Cl)c(Cl)c12. The number of thiophene rings is 1. The fraction of sp³-hybridized carbons (Fsp3) is 0.250. The van der Waals surface area contributed by atoms with Crippen LogP contribution in [0.3, 0.4) is 0 Å². The van der Waals surface area contributed by atoms with Gasteiger partial charge in [-0.15, -0.1) is 11.3 Å². The van der Waals surface area contributed by atoms with Crippen molar-refractivity contribution in [2.45, 2.75) is 20.5 Å². The number of hydrogen-bond acceptors (Lipinski definition) is 2. The number of aryl methyl sites for hydroxylation is 1. The zero-order chi connectivity index (χ0) is 11.7. The van der Waals surface area contributed by atoms with Crippen LogP contribution in [0.1, 0.15) is 17.4 Å². The Balaban J connectivity index is 2.61. The maximum atomic E-state index is 6.23. The molecule has 0 atom stereocenters. The fourth-order valence-electron chi connectivity index (χ4n) is 1.64. The van der Waals surface area contributed by atoms with Crippen LogP contribution >= 0.6 is 34.5 Å². The van der Waals surface area contributed by atoms with Crippen molar-refractivity contribution in [2.24, 2.45) is 0 Å². The highest BCUT2D eigenvalue weighted by atomic mass is 35.5. The highest BCUT2D eigenvalue weighted by molar-refractivity contribution is 7.19. The molecule has 16 heavy (non-hydrogen) atoms. The van der Waals surface area contributed by atoms with Crippen LogP contribution in [0.15, 0.2) is 12.1 Å². The number of halogens is 2. The van der Waals surface area contributed by atoms with Crippen LogP contribution in [0.4, 0.5) is 0 Å². The van der Waals surface area contributed by atoms with Gasteiger partial charge in [0, 0.05) is 20.5 Å². The third-order valence-corrected chi connectivity index (χ3v) is 4.36. The predicted molar refractivity (Wildman–Crippen MR) is 71.3 cm³/mol. The van der Waals surface area contributed by atoms with Crippen molar-refractivity contribution in [1.29, 1.82) is 0 Å². The smallest absolute Gasteiger partial charge is 0.0810 e. The Bertz CT molecular complexity index is 519. The van der Waals surface area contributed by atoms with E-state index in [9.17, 15) is 0 Å². The summed E-state index contributed by atoms with van der Waals surface area (Å²) in [6.07, 6.45) is 0. The van der Waals surface area contributed by atoms with Crippen LogP contribution in [-0.2, 0) is 11.3 Å². The molecule has 0 fully saturated rings. The molecule has 0 N–H and O–H groups in total. The van der Waals surface area contributed by atoms with Crippen LogP contribution in [0.25, 0.3) is 10.1 Å². The first-order valence-corrected chi connectivity index (χ1v) is 6.47. The third-order valence-electron chi connectivity index (χ3n) is 2.44. The van der Waals surface area contributed by atoms with Gasteiger partial charge >= 0.3 is 0 Å². The minimum atomic E-state index is 0.544. The van der Waals surface area contributed by atoms with Gasteiger partial charge in [-0.2, -0.15) is 0 Å². The van der Waals surface area contributed by atoms with Crippen LogP contribution < -0.4 is 0 Å². The van der Waals surface area contributed by atoms with Crippen LogP contribution in [0.2, 0.25) is 10.0 Å². The van der Waals surface area contributed by atoms with Gasteiger partial charge in [-0.1, -0.05) is 23.2 Å². The molecular formula is C12H11Cl2OS. The summed E-state index contributed by atoms with van der Waals surface area (Å²) in [4.78, 5) is 1.22. The highest BCUT2D eigenvalue weighted by Gasteiger charge is 2.14. The summed E-state index contributed by atoms with van der Waals surface area (Å²) in [5.41, 5.74) is 1.13. The monoisotopic (exact) mass is 273 g/mol.